The molecular weight excluding hydrogens is 557 g/mol. The zero-order valence-corrected chi connectivity index (χ0v) is 26.2. The first-order valence-corrected chi connectivity index (χ1v) is 15.8. The third-order valence-electron chi connectivity index (χ3n) is 10.0. The van der Waals surface area contributed by atoms with Gasteiger partial charge in [-0.25, -0.2) is 4.39 Å². The van der Waals surface area contributed by atoms with Crippen molar-refractivity contribution in [2.45, 2.75) is 65.0 Å². The fourth-order valence-corrected chi connectivity index (χ4v) is 8.04. The summed E-state index contributed by atoms with van der Waals surface area (Å²) in [6.07, 6.45) is 2.14. The van der Waals surface area contributed by atoms with Gasteiger partial charge in [-0.05, 0) is 72.1 Å². The Kier molecular flexibility index (Phi) is 7.80. The van der Waals surface area contributed by atoms with Gasteiger partial charge >= 0.3 is 0 Å². The summed E-state index contributed by atoms with van der Waals surface area (Å²) in [6, 6.07) is 12.2. The third-order valence-corrected chi connectivity index (χ3v) is 10.0. The van der Waals surface area contributed by atoms with Gasteiger partial charge in [0.1, 0.15) is 11.9 Å². The summed E-state index contributed by atoms with van der Waals surface area (Å²) in [5.41, 5.74) is 3.55. The van der Waals surface area contributed by atoms with Crippen molar-refractivity contribution in [3.05, 3.63) is 77.2 Å². The number of nitrogens with one attached hydrogen (secondary N) is 3. The van der Waals surface area contributed by atoms with Crippen molar-refractivity contribution in [2.75, 3.05) is 37.6 Å². The molecule has 4 fully saturated rings. The SMILES string of the molecule is C=C1CC[C@H](NC(=O)c2ccc(C3CN(CC4CN(c5ccc(C(=O)NC6C(C)(C)CC6(C)C)cc5)C4)C3)cc2F)C(=O)N1. The fourth-order valence-electron chi connectivity index (χ4n) is 8.04. The molecule has 3 saturated heterocycles. The first kappa shape index (κ1) is 30.3. The van der Waals surface area contributed by atoms with E-state index in [0.29, 0.717) is 30.0 Å². The molecule has 0 unspecified atom stereocenters. The van der Waals surface area contributed by atoms with E-state index in [2.05, 4.69) is 60.0 Å². The maximum atomic E-state index is 14.9. The highest BCUT2D eigenvalue weighted by Crippen LogP contribution is 2.53. The molecule has 0 bridgehead atoms. The molecule has 44 heavy (non-hydrogen) atoms. The predicted octanol–water partition coefficient (Wildman–Crippen LogP) is 4.44. The lowest BCUT2D eigenvalue weighted by atomic mass is 9.52. The monoisotopic (exact) mass is 601 g/mol. The lowest BCUT2D eigenvalue weighted by molar-refractivity contribution is -0.123. The molecular formula is C35H44FN5O3. The lowest BCUT2D eigenvalue weighted by Crippen LogP contribution is -2.63. The Morgan fingerprint density at radius 1 is 0.977 bits per heavy atom. The molecule has 3 aliphatic heterocycles. The Labute approximate surface area is 259 Å². The van der Waals surface area contributed by atoms with Gasteiger partial charge in [-0.15, -0.1) is 0 Å². The van der Waals surface area contributed by atoms with E-state index in [1.54, 1.807) is 0 Å². The molecule has 4 aliphatic rings. The summed E-state index contributed by atoms with van der Waals surface area (Å²) < 4.78 is 14.9. The van der Waals surface area contributed by atoms with Gasteiger partial charge in [-0.3, -0.25) is 14.4 Å². The molecule has 6 rings (SSSR count). The van der Waals surface area contributed by atoms with Gasteiger partial charge in [0.05, 0.1) is 5.56 Å². The summed E-state index contributed by atoms with van der Waals surface area (Å²) in [5, 5.41) is 8.54. The molecule has 234 valence electrons. The molecule has 9 heteroatoms. The molecule has 8 nitrogen and oxygen atoms in total. The van der Waals surface area contributed by atoms with Gasteiger partial charge in [-0.2, -0.15) is 0 Å². The summed E-state index contributed by atoms with van der Waals surface area (Å²) in [6.45, 7) is 17.3. The van der Waals surface area contributed by atoms with Gasteiger partial charge in [0, 0.05) is 67.5 Å². The Bertz CT molecular complexity index is 1460. The largest absolute Gasteiger partial charge is 0.371 e. The second kappa shape index (κ2) is 11.3. The number of halogens is 1. The van der Waals surface area contributed by atoms with Crippen LogP contribution in [0.5, 0.6) is 0 Å². The van der Waals surface area contributed by atoms with Crippen LogP contribution in [0.25, 0.3) is 0 Å². The number of carbonyl (C=O) groups excluding carboxylic acids is 3. The van der Waals surface area contributed by atoms with Crippen LogP contribution >= 0.6 is 0 Å². The molecule has 0 aromatic heterocycles. The van der Waals surface area contributed by atoms with Gasteiger partial charge in [-0.1, -0.05) is 40.3 Å². The van der Waals surface area contributed by atoms with E-state index >= 15 is 0 Å². The minimum absolute atomic E-state index is 0.00518. The molecule has 3 heterocycles. The van der Waals surface area contributed by atoms with Gasteiger partial charge < -0.3 is 25.8 Å². The number of amides is 3. The standard InChI is InChI=1S/C35H44FN5O3/c1-21-6-13-29(32(44)37-21)38-31(43)27-12-9-24(14-28(27)36)25-18-40(19-25)15-22-16-41(17-22)26-10-7-23(8-11-26)30(42)39-33-34(2,3)20-35(33,4)5/h7-12,14,22,25,29,33H,1,6,13,15-20H2,2-5H3,(H,37,44)(H,38,43)(H,39,42)/t29-/m0/s1. The van der Waals surface area contributed by atoms with Crippen molar-refractivity contribution in [1.82, 2.24) is 20.9 Å². The molecule has 0 radical (unpaired) electrons. The topological polar surface area (TPSA) is 93.8 Å². The maximum absolute atomic E-state index is 14.9. The van der Waals surface area contributed by atoms with Crippen LogP contribution in [-0.4, -0.2) is 67.4 Å². The predicted molar refractivity (Wildman–Crippen MR) is 169 cm³/mol. The molecule has 1 saturated carbocycles. The molecule has 3 amide bonds. The summed E-state index contributed by atoms with van der Waals surface area (Å²) in [7, 11) is 0. The van der Waals surface area contributed by atoms with Crippen LogP contribution in [0.15, 0.2) is 54.7 Å². The van der Waals surface area contributed by atoms with E-state index in [1.807, 2.05) is 30.3 Å². The van der Waals surface area contributed by atoms with E-state index in [1.165, 1.54) is 12.1 Å². The number of hydrogen-bond donors (Lipinski definition) is 3. The quantitative estimate of drug-likeness (QED) is 0.416. The Balaban J connectivity index is 0.931. The normalized spacial score (nSPS) is 23.7. The zero-order chi connectivity index (χ0) is 31.4. The van der Waals surface area contributed by atoms with Crippen LogP contribution in [0.3, 0.4) is 0 Å². The molecule has 0 spiro atoms. The molecule has 2 aromatic carbocycles. The number of benzene rings is 2. The van der Waals surface area contributed by atoms with Crippen molar-refractivity contribution < 1.29 is 18.8 Å². The van der Waals surface area contributed by atoms with Crippen LogP contribution in [0, 0.1) is 22.6 Å². The number of hydrogen-bond acceptors (Lipinski definition) is 5. The summed E-state index contributed by atoms with van der Waals surface area (Å²) in [4.78, 5) is 42.3. The number of piperidine rings is 1. The average Bonchev–Trinajstić information content (AvgIpc) is 2.90. The van der Waals surface area contributed by atoms with E-state index < -0.39 is 17.8 Å². The van der Waals surface area contributed by atoms with Crippen LogP contribution < -0.4 is 20.9 Å². The third kappa shape index (κ3) is 5.99. The summed E-state index contributed by atoms with van der Waals surface area (Å²) in [5.74, 6) is -0.652. The van der Waals surface area contributed by atoms with Crippen molar-refractivity contribution in [3.8, 4) is 0 Å². The highest BCUT2D eigenvalue weighted by atomic mass is 19.1. The van der Waals surface area contributed by atoms with Crippen molar-refractivity contribution in [1.29, 1.82) is 0 Å². The lowest BCUT2D eigenvalue weighted by Gasteiger charge is -2.57. The van der Waals surface area contributed by atoms with Crippen molar-refractivity contribution in [2.24, 2.45) is 16.7 Å². The molecule has 3 N–H and O–H groups in total. The number of carbonyl (C=O) groups is 3. The number of likely N-dealkylation sites (tertiary alicyclic amines) is 1. The second-order valence-electron chi connectivity index (χ2n) is 14.7. The number of allylic oxidation sites excluding steroid dienone is 1. The molecule has 1 atom stereocenters. The highest BCUT2D eigenvalue weighted by molar-refractivity contribution is 5.98. The highest BCUT2D eigenvalue weighted by Gasteiger charge is 2.53. The maximum Gasteiger partial charge on any atom is 0.254 e. The summed E-state index contributed by atoms with van der Waals surface area (Å²) >= 11 is 0. The van der Waals surface area contributed by atoms with Crippen LogP contribution in [-0.2, 0) is 4.79 Å². The smallest absolute Gasteiger partial charge is 0.254 e. The molecule has 2 aromatic rings. The van der Waals surface area contributed by atoms with E-state index in [-0.39, 0.29) is 40.2 Å². The van der Waals surface area contributed by atoms with Gasteiger partial charge in [0.25, 0.3) is 11.8 Å². The first-order chi connectivity index (χ1) is 20.8. The van der Waals surface area contributed by atoms with Crippen LogP contribution in [0.1, 0.15) is 79.2 Å². The second-order valence-corrected chi connectivity index (χ2v) is 14.7. The Morgan fingerprint density at radius 3 is 2.27 bits per heavy atom. The van der Waals surface area contributed by atoms with E-state index in [0.717, 1.165) is 50.4 Å². The Morgan fingerprint density at radius 2 is 1.66 bits per heavy atom. The van der Waals surface area contributed by atoms with Crippen molar-refractivity contribution >= 4 is 23.4 Å². The molecule has 1 aliphatic carbocycles. The van der Waals surface area contributed by atoms with Crippen molar-refractivity contribution in [3.63, 3.8) is 0 Å². The number of nitrogens with zero attached hydrogens (tertiary/aromatic N) is 2. The fraction of sp³-hybridized carbons (Fsp3) is 0.514. The van der Waals surface area contributed by atoms with E-state index in [4.69, 9.17) is 0 Å². The minimum atomic E-state index is -0.683. The van der Waals surface area contributed by atoms with Crippen LogP contribution in [0.2, 0.25) is 0 Å². The zero-order valence-electron chi connectivity index (χ0n) is 26.2. The van der Waals surface area contributed by atoms with Gasteiger partial charge in [0.2, 0.25) is 5.91 Å². The van der Waals surface area contributed by atoms with Crippen LogP contribution in [0.4, 0.5) is 10.1 Å². The average molecular weight is 602 g/mol. The van der Waals surface area contributed by atoms with Gasteiger partial charge in [0.15, 0.2) is 0 Å². The first-order valence-electron chi connectivity index (χ1n) is 15.8. The Hall–Kier alpha value is -3.72. The number of anilines is 1. The number of rotatable bonds is 8. The minimum Gasteiger partial charge on any atom is -0.371 e. The van der Waals surface area contributed by atoms with E-state index in [9.17, 15) is 18.8 Å².